The molecular formula is C22H37NO. The maximum absolute atomic E-state index is 5.77. The molecule has 0 amide bonds. The summed E-state index contributed by atoms with van der Waals surface area (Å²) >= 11 is 0. The fourth-order valence-corrected chi connectivity index (χ4v) is 3.87. The van der Waals surface area contributed by atoms with Crippen LogP contribution in [0.4, 0.5) is 0 Å². The maximum atomic E-state index is 5.77. The van der Waals surface area contributed by atoms with Crippen LogP contribution in [0.25, 0.3) is 0 Å². The van der Waals surface area contributed by atoms with E-state index in [0.29, 0.717) is 5.92 Å². The molecule has 2 heteroatoms. The summed E-state index contributed by atoms with van der Waals surface area (Å²) in [5.41, 5.74) is 1.28. The fraction of sp³-hybridized carbons (Fsp3) is 0.773. The highest BCUT2D eigenvalue weighted by atomic mass is 16.5. The molecule has 1 aliphatic rings. The summed E-state index contributed by atoms with van der Waals surface area (Å²) in [6, 6.07) is 4.31. The average Bonchev–Trinajstić information content (AvgIpc) is 2.64. The molecule has 1 heterocycles. The first-order valence-electron chi connectivity index (χ1n) is 10.4. The Morgan fingerprint density at radius 2 is 1.67 bits per heavy atom. The van der Waals surface area contributed by atoms with E-state index in [-0.39, 0.29) is 0 Å². The van der Waals surface area contributed by atoms with Crippen molar-refractivity contribution >= 4 is 0 Å². The van der Waals surface area contributed by atoms with Gasteiger partial charge in [0.2, 0.25) is 0 Å². The van der Waals surface area contributed by atoms with Crippen molar-refractivity contribution in [2.24, 2.45) is 5.92 Å². The first-order chi connectivity index (χ1) is 11.8. The van der Waals surface area contributed by atoms with Crippen LogP contribution in [0.5, 0.6) is 5.75 Å². The van der Waals surface area contributed by atoms with Crippen LogP contribution in [0.3, 0.4) is 0 Å². The Bertz CT molecular complexity index is 420. The van der Waals surface area contributed by atoms with Crippen LogP contribution in [-0.4, -0.2) is 11.6 Å². The molecule has 0 saturated heterocycles. The number of rotatable bonds is 11. The zero-order valence-electron chi connectivity index (χ0n) is 15.9. The highest BCUT2D eigenvalue weighted by Gasteiger charge is 2.22. The van der Waals surface area contributed by atoms with E-state index in [1.54, 1.807) is 0 Å². The van der Waals surface area contributed by atoms with E-state index in [0.717, 1.165) is 24.7 Å². The van der Waals surface area contributed by atoms with Crippen LogP contribution in [0.15, 0.2) is 18.3 Å². The zero-order chi connectivity index (χ0) is 17.0. The third kappa shape index (κ3) is 6.83. The maximum Gasteiger partial charge on any atom is 0.137 e. The van der Waals surface area contributed by atoms with E-state index in [9.17, 15) is 0 Å². The summed E-state index contributed by atoms with van der Waals surface area (Å²) in [4.78, 5) is 4.69. The lowest BCUT2D eigenvalue weighted by Crippen LogP contribution is -2.14. The van der Waals surface area contributed by atoms with Crippen molar-refractivity contribution in [2.45, 2.75) is 96.8 Å². The summed E-state index contributed by atoms with van der Waals surface area (Å²) < 4.78 is 5.77. The number of aromatic nitrogens is 1. The highest BCUT2D eigenvalue weighted by molar-refractivity contribution is 5.22. The number of nitrogens with zero attached hydrogens (tertiary/aromatic N) is 1. The Morgan fingerprint density at radius 3 is 2.33 bits per heavy atom. The van der Waals surface area contributed by atoms with Gasteiger partial charge < -0.3 is 4.74 Å². The third-order valence-corrected chi connectivity index (χ3v) is 5.51. The summed E-state index contributed by atoms with van der Waals surface area (Å²) in [5.74, 6) is 2.57. The van der Waals surface area contributed by atoms with E-state index in [4.69, 9.17) is 4.74 Å². The molecule has 2 nitrogen and oxygen atoms in total. The van der Waals surface area contributed by atoms with Crippen LogP contribution in [0.2, 0.25) is 0 Å². The lowest BCUT2D eigenvalue weighted by molar-refractivity contribution is 0.296. The molecule has 0 unspecified atom stereocenters. The van der Waals surface area contributed by atoms with Crippen LogP contribution < -0.4 is 4.74 Å². The van der Waals surface area contributed by atoms with Crippen molar-refractivity contribution < 1.29 is 4.74 Å². The van der Waals surface area contributed by atoms with Gasteiger partial charge in [0, 0.05) is 11.6 Å². The van der Waals surface area contributed by atoms with Crippen molar-refractivity contribution in [2.75, 3.05) is 6.61 Å². The molecule has 24 heavy (non-hydrogen) atoms. The monoisotopic (exact) mass is 331 g/mol. The smallest absolute Gasteiger partial charge is 0.137 e. The van der Waals surface area contributed by atoms with Gasteiger partial charge in [0.15, 0.2) is 0 Å². The summed E-state index contributed by atoms with van der Waals surface area (Å²) in [6.07, 6.45) is 18.1. The quantitative estimate of drug-likeness (QED) is 0.412. The molecule has 0 spiro atoms. The van der Waals surface area contributed by atoms with Crippen molar-refractivity contribution in [1.29, 1.82) is 0 Å². The van der Waals surface area contributed by atoms with E-state index in [2.05, 4.69) is 31.0 Å². The second kappa shape index (κ2) is 11.5. The molecule has 0 bridgehead atoms. The SMILES string of the molecule is CCCCCCC1CCC(c2ccc(OCCCCC)cn2)CC1. The molecule has 2 rings (SSSR count). The van der Waals surface area contributed by atoms with E-state index in [1.165, 1.54) is 76.3 Å². The van der Waals surface area contributed by atoms with Gasteiger partial charge in [0.05, 0.1) is 12.8 Å². The number of unbranched alkanes of at least 4 members (excludes halogenated alkanes) is 5. The molecule has 0 N–H and O–H groups in total. The summed E-state index contributed by atoms with van der Waals surface area (Å²) in [6.45, 7) is 5.33. The number of pyridine rings is 1. The summed E-state index contributed by atoms with van der Waals surface area (Å²) in [7, 11) is 0. The predicted octanol–water partition coefficient (Wildman–Crippen LogP) is 6.89. The fourth-order valence-electron chi connectivity index (χ4n) is 3.87. The van der Waals surface area contributed by atoms with Gasteiger partial charge in [0.1, 0.15) is 5.75 Å². The van der Waals surface area contributed by atoms with Crippen molar-refractivity contribution in [1.82, 2.24) is 4.98 Å². The van der Waals surface area contributed by atoms with Gasteiger partial charge in [-0.1, -0.05) is 58.8 Å². The van der Waals surface area contributed by atoms with Gasteiger partial charge in [-0.05, 0) is 50.2 Å². The molecule has 0 atom stereocenters. The number of ether oxygens (including phenoxy) is 1. The molecule has 1 aromatic rings. The minimum atomic E-state index is 0.672. The molecule has 0 aromatic carbocycles. The van der Waals surface area contributed by atoms with Crippen molar-refractivity contribution in [3.8, 4) is 5.75 Å². The first kappa shape index (κ1) is 19.3. The minimum Gasteiger partial charge on any atom is -0.492 e. The first-order valence-corrected chi connectivity index (χ1v) is 10.4. The van der Waals surface area contributed by atoms with Gasteiger partial charge >= 0.3 is 0 Å². The van der Waals surface area contributed by atoms with Crippen molar-refractivity contribution in [3.63, 3.8) is 0 Å². The zero-order valence-corrected chi connectivity index (χ0v) is 15.9. The Morgan fingerprint density at radius 1 is 0.917 bits per heavy atom. The molecule has 136 valence electrons. The van der Waals surface area contributed by atoms with Crippen molar-refractivity contribution in [3.05, 3.63) is 24.0 Å². The molecule has 0 aliphatic heterocycles. The topological polar surface area (TPSA) is 22.1 Å². The predicted molar refractivity (Wildman–Crippen MR) is 103 cm³/mol. The normalized spacial score (nSPS) is 20.9. The number of hydrogen-bond donors (Lipinski definition) is 0. The van der Waals surface area contributed by atoms with Crippen LogP contribution >= 0.6 is 0 Å². The van der Waals surface area contributed by atoms with Gasteiger partial charge in [-0.2, -0.15) is 0 Å². The van der Waals surface area contributed by atoms with Crippen LogP contribution in [-0.2, 0) is 0 Å². The van der Waals surface area contributed by atoms with Crippen LogP contribution in [0.1, 0.15) is 103 Å². The second-order valence-corrected chi connectivity index (χ2v) is 7.54. The van der Waals surface area contributed by atoms with E-state index in [1.807, 2.05) is 6.20 Å². The van der Waals surface area contributed by atoms with Crippen LogP contribution in [0, 0.1) is 5.92 Å². The van der Waals surface area contributed by atoms with E-state index >= 15 is 0 Å². The molecule has 1 saturated carbocycles. The van der Waals surface area contributed by atoms with E-state index < -0.39 is 0 Å². The Hall–Kier alpha value is -1.05. The Labute approximate surface area is 149 Å². The van der Waals surface area contributed by atoms with Gasteiger partial charge in [-0.15, -0.1) is 0 Å². The van der Waals surface area contributed by atoms with Gasteiger partial charge in [-0.3, -0.25) is 4.98 Å². The lowest BCUT2D eigenvalue weighted by Gasteiger charge is -2.28. The molecule has 1 aromatic heterocycles. The molecule has 1 fully saturated rings. The Kier molecular flexibility index (Phi) is 9.23. The largest absolute Gasteiger partial charge is 0.492 e. The minimum absolute atomic E-state index is 0.672. The summed E-state index contributed by atoms with van der Waals surface area (Å²) in [5, 5.41) is 0. The average molecular weight is 332 g/mol. The van der Waals surface area contributed by atoms with Gasteiger partial charge in [0.25, 0.3) is 0 Å². The Balaban J connectivity index is 1.68. The van der Waals surface area contributed by atoms with Gasteiger partial charge in [-0.25, -0.2) is 0 Å². The lowest BCUT2D eigenvalue weighted by atomic mass is 9.78. The molecule has 1 aliphatic carbocycles. The molecular weight excluding hydrogens is 294 g/mol. The number of hydrogen-bond acceptors (Lipinski definition) is 2. The third-order valence-electron chi connectivity index (χ3n) is 5.51. The second-order valence-electron chi connectivity index (χ2n) is 7.54. The molecule has 0 radical (unpaired) electrons. The standard InChI is InChI=1S/C22H37NO/c1-3-5-7-8-10-19-11-13-20(14-12-19)22-16-15-21(18-23-22)24-17-9-6-4-2/h15-16,18-20H,3-14,17H2,1-2H3. The highest BCUT2D eigenvalue weighted by Crippen LogP contribution is 2.37.